The molecular formula is C15H15BrFNO2. The molecule has 0 bridgehead atoms. The molecule has 0 aliphatic heterocycles. The van der Waals surface area contributed by atoms with Crippen LogP contribution in [0.2, 0.25) is 0 Å². The quantitative estimate of drug-likeness (QED) is 0.863. The van der Waals surface area contributed by atoms with Crippen LogP contribution in [-0.2, 0) is 13.2 Å². The summed E-state index contributed by atoms with van der Waals surface area (Å²) in [6, 6.07) is 7.10. The van der Waals surface area contributed by atoms with Crippen molar-refractivity contribution in [3.8, 4) is 5.75 Å². The molecule has 1 aliphatic rings. The van der Waals surface area contributed by atoms with E-state index in [9.17, 15) is 4.39 Å². The highest BCUT2D eigenvalue weighted by Crippen LogP contribution is 2.22. The van der Waals surface area contributed by atoms with Crippen molar-refractivity contribution in [3.63, 3.8) is 0 Å². The van der Waals surface area contributed by atoms with Gasteiger partial charge in [-0.2, -0.15) is 0 Å². The van der Waals surface area contributed by atoms with Crippen molar-refractivity contribution in [1.29, 1.82) is 0 Å². The van der Waals surface area contributed by atoms with Gasteiger partial charge in [-0.3, -0.25) is 0 Å². The summed E-state index contributed by atoms with van der Waals surface area (Å²) in [6.07, 6.45) is 4.26. The number of hydrogen-bond acceptors (Lipinski definition) is 3. The third kappa shape index (κ3) is 3.84. The largest absolute Gasteiger partial charge is 0.486 e. The molecule has 1 heterocycles. The first kappa shape index (κ1) is 13.6. The molecule has 1 saturated carbocycles. The van der Waals surface area contributed by atoms with E-state index in [-0.39, 0.29) is 5.82 Å². The van der Waals surface area contributed by atoms with E-state index in [1.807, 2.05) is 6.07 Å². The van der Waals surface area contributed by atoms with Gasteiger partial charge in [0.25, 0.3) is 0 Å². The van der Waals surface area contributed by atoms with Gasteiger partial charge in [-0.15, -0.1) is 0 Å². The standard InChI is InChI=1S/C15H15BrFNO2/c16-11-4-12(17)6-14(5-11)20-9-15-3-10(8-19-15)7-18-13-1-2-13/h3-6,8,13,18H,1-2,7,9H2. The van der Waals surface area contributed by atoms with E-state index in [2.05, 4.69) is 21.2 Å². The van der Waals surface area contributed by atoms with E-state index in [0.29, 0.717) is 22.9 Å². The Labute approximate surface area is 125 Å². The highest BCUT2D eigenvalue weighted by Gasteiger charge is 2.20. The summed E-state index contributed by atoms with van der Waals surface area (Å²) in [5, 5.41) is 3.42. The molecule has 3 rings (SSSR count). The van der Waals surface area contributed by atoms with Crippen molar-refractivity contribution in [2.24, 2.45) is 0 Å². The number of ether oxygens (including phenoxy) is 1. The van der Waals surface area contributed by atoms with Crippen molar-refractivity contribution in [2.75, 3.05) is 0 Å². The van der Waals surface area contributed by atoms with Crippen molar-refractivity contribution >= 4 is 15.9 Å². The van der Waals surface area contributed by atoms with Gasteiger partial charge < -0.3 is 14.5 Å². The highest BCUT2D eigenvalue weighted by atomic mass is 79.9. The Morgan fingerprint density at radius 2 is 2.15 bits per heavy atom. The molecule has 1 aromatic carbocycles. The first-order chi connectivity index (χ1) is 9.69. The fourth-order valence-electron chi connectivity index (χ4n) is 1.91. The van der Waals surface area contributed by atoms with Gasteiger partial charge in [-0.05, 0) is 31.0 Å². The van der Waals surface area contributed by atoms with E-state index in [1.165, 1.54) is 25.0 Å². The average Bonchev–Trinajstić information content (AvgIpc) is 3.12. The Balaban J connectivity index is 1.54. The lowest BCUT2D eigenvalue weighted by Gasteiger charge is -2.04. The SMILES string of the molecule is Fc1cc(Br)cc(OCc2cc(CNC3CC3)co2)c1. The second-order valence-corrected chi connectivity index (χ2v) is 5.89. The second-order valence-electron chi connectivity index (χ2n) is 4.97. The molecule has 0 unspecified atom stereocenters. The molecule has 0 spiro atoms. The molecule has 1 N–H and O–H groups in total. The molecule has 0 atom stereocenters. The first-order valence-corrected chi connectivity index (χ1v) is 7.37. The van der Waals surface area contributed by atoms with Gasteiger partial charge in [0.05, 0.1) is 6.26 Å². The second kappa shape index (κ2) is 5.97. The smallest absolute Gasteiger partial charge is 0.146 e. The molecule has 20 heavy (non-hydrogen) atoms. The molecule has 0 amide bonds. The number of furan rings is 1. The predicted octanol–water partition coefficient (Wildman–Crippen LogP) is 4.01. The Kier molecular flexibility index (Phi) is 4.08. The summed E-state index contributed by atoms with van der Waals surface area (Å²) in [5.74, 6) is 0.882. The zero-order chi connectivity index (χ0) is 13.9. The number of benzene rings is 1. The number of nitrogens with one attached hydrogen (secondary N) is 1. The Morgan fingerprint density at radius 3 is 2.90 bits per heavy atom. The molecule has 0 radical (unpaired) electrons. The average molecular weight is 340 g/mol. The zero-order valence-electron chi connectivity index (χ0n) is 10.9. The van der Waals surface area contributed by atoms with Crippen LogP contribution in [-0.4, -0.2) is 6.04 Å². The lowest BCUT2D eigenvalue weighted by molar-refractivity contribution is 0.269. The van der Waals surface area contributed by atoms with Crippen LogP contribution in [0.1, 0.15) is 24.2 Å². The summed E-state index contributed by atoms with van der Waals surface area (Å²) in [6.45, 7) is 1.11. The van der Waals surface area contributed by atoms with Crippen LogP contribution in [0.4, 0.5) is 4.39 Å². The minimum absolute atomic E-state index is 0.291. The van der Waals surface area contributed by atoms with Crippen molar-refractivity contribution < 1.29 is 13.5 Å². The Bertz CT molecular complexity index is 575. The third-order valence-corrected chi connectivity index (χ3v) is 3.56. The van der Waals surface area contributed by atoms with Crippen LogP contribution in [0.3, 0.4) is 0 Å². The maximum absolute atomic E-state index is 13.2. The van der Waals surface area contributed by atoms with Gasteiger partial charge >= 0.3 is 0 Å². The van der Waals surface area contributed by atoms with Crippen LogP contribution in [0.15, 0.2) is 39.4 Å². The lowest BCUT2D eigenvalue weighted by Crippen LogP contribution is -2.14. The molecule has 1 fully saturated rings. The van der Waals surface area contributed by atoms with Gasteiger partial charge in [0.2, 0.25) is 0 Å². The van der Waals surface area contributed by atoms with Gasteiger partial charge in [0.1, 0.15) is 23.9 Å². The van der Waals surface area contributed by atoms with Crippen LogP contribution >= 0.6 is 15.9 Å². The highest BCUT2D eigenvalue weighted by molar-refractivity contribution is 9.10. The normalized spacial score (nSPS) is 14.5. The van der Waals surface area contributed by atoms with Crippen molar-refractivity contribution in [2.45, 2.75) is 32.0 Å². The van der Waals surface area contributed by atoms with Gasteiger partial charge in [-0.25, -0.2) is 4.39 Å². The summed E-state index contributed by atoms with van der Waals surface area (Å²) >= 11 is 3.23. The van der Waals surface area contributed by atoms with Crippen molar-refractivity contribution in [1.82, 2.24) is 5.32 Å². The first-order valence-electron chi connectivity index (χ1n) is 6.57. The van der Waals surface area contributed by atoms with E-state index < -0.39 is 0 Å². The van der Waals surface area contributed by atoms with Crippen molar-refractivity contribution in [3.05, 3.63) is 52.1 Å². The van der Waals surface area contributed by atoms with Crippen LogP contribution in [0.5, 0.6) is 5.75 Å². The molecule has 5 heteroatoms. The Morgan fingerprint density at radius 1 is 1.30 bits per heavy atom. The summed E-state index contributed by atoms with van der Waals surface area (Å²) in [7, 11) is 0. The van der Waals surface area contributed by atoms with Crippen LogP contribution in [0, 0.1) is 5.82 Å². The predicted molar refractivity (Wildman–Crippen MR) is 77.0 cm³/mol. The fraction of sp³-hybridized carbons (Fsp3) is 0.333. The maximum Gasteiger partial charge on any atom is 0.146 e. The van der Waals surface area contributed by atoms with E-state index in [1.54, 1.807) is 12.3 Å². The van der Waals surface area contributed by atoms with Crippen LogP contribution < -0.4 is 10.1 Å². The number of rotatable bonds is 6. The molecule has 2 aromatic rings. The monoisotopic (exact) mass is 339 g/mol. The molecule has 3 nitrogen and oxygen atoms in total. The lowest BCUT2D eigenvalue weighted by atomic mass is 10.3. The number of hydrogen-bond donors (Lipinski definition) is 1. The van der Waals surface area contributed by atoms with Gasteiger partial charge in [0, 0.05) is 28.7 Å². The van der Waals surface area contributed by atoms with E-state index in [0.717, 1.165) is 17.9 Å². The van der Waals surface area contributed by atoms with Gasteiger partial charge in [0.15, 0.2) is 0 Å². The van der Waals surface area contributed by atoms with E-state index >= 15 is 0 Å². The number of halogens is 2. The minimum Gasteiger partial charge on any atom is -0.486 e. The van der Waals surface area contributed by atoms with E-state index in [4.69, 9.17) is 9.15 Å². The van der Waals surface area contributed by atoms with Crippen LogP contribution in [0.25, 0.3) is 0 Å². The molecule has 0 saturated heterocycles. The minimum atomic E-state index is -0.330. The summed E-state index contributed by atoms with van der Waals surface area (Å²) < 4.78 is 24.8. The Hall–Kier alpha value is -1.33. The molecule has 1 aliphatic carbocycles. The summed E-state index contributed by atoms with van der Waals surface area (Å²) in [4.78, 5) is 0. The summed E-state index contributed by atoms with van der Waals surface area (Å²) in [5.41, 5.74) is 1.11. The topological polar surface area (TPSA) is 34.4 Å². The molecule has 1 aromatic heterocycles. The zero-order valence-corrected chi connectivity index (χ0v) is 12.5. The molecular weight excluding hydrogens is 325 g/mol. The fourth-order valence-corrected chi connectivity index (χ4v) is 2.35. The third-order valence-electron chi connectivity index (χ3n) is 3.10. The maximum atomic E-state index is 13.2. The molecule has 106 valence electrons. The van der Waals surface area contributed by atoms with Gasteiger partial charge in [-0.1, -0.05) is 15.9 Å².